The number of hydrogen-bond acceptors (Lipinski definition) is 2. The molecule has 0 spiro atoms. The Morgan fingerprint density at radius 1 is 0.816 bits per heavy atom. The number of unbranched alkanes of at least 4 members (excludes halogenated alkanes) is 16. The molecule has 0 radical (unpaired) electrons. The van der Waals surface area contributed by atoms with E-state index in [2.05, 4.69) is 47.2 Å². The molecular formula is C33H57N4O+. The van der Waals surface area contributed by atoms with Gasteiger partial charge in [0.25, 0.3) is 0 Å². The highest BCUT2D eigenvalue weighted by Crippen LogP contribution is 2.12. The van der Waals surface area contributed by atoms with Gasteiger partial charge in [0, 0.05) is 19.4 Å². The summed E-state index contributed by atoms with van der Waals surface area (Å²) in [4.78, 5) is 12.0. The quantitative estimate of drug-likeness (QED) is 0.0750. The number of rotatable bonds is 26. The maximum Gasteiger partial charge on any atom is 0.244 e. The number of imidazole rings is 1. The number of amides is 1. The summed E-state index contributed by atoms with van der Waals surface area (Å²) in [5, 5.41) is 11.7. The second-order valence-electron chi connectivity index (χ2n) is 10.7. The van der Waals surface area contributed by atoms with Gasteiger partial charge in [-0.1, -0.05) is 115 Å². The normalized spacial score (nSPS) is 11.5. The predicted molar refractivity (Wildman–Crippen MR) is 160 cm³/mol. The van der Waals surface area contributed by atoms with Crippen molar-refractivity contribution in [2.75, 3.05) is 6.54 Å². The van der Waals surface area contributed by atoms with Crippen LogP contribution in [0.3, 0.4) is 0 Å². The van der Waals surface area contributed by atoms with E-state index in [1.807, 2.05) is 23.3 Å². The van der Waals surface area contributed by atoms with Crippen molar-refractivity contribution in [1.29, 1.82) is 5.26 Å². The summed E-state index contributed by atoms with van der Waals surface area (Å²) in [6.45, 7) is 4.21. The molecule has 1 amide bonds. The molecule has 0 saturated heterocycles. The maximum absolute atomic E-state index is 12.0. The Morgan fingerprint density at radius 2 is 1.37 bits per heavy atom. The van der Waals surface area contributed by atoms with Crippen molar-refractivity contribution in [1.82, 2.24) is 9.88 Å². The molecule has 0 bridgehead atoms. The van der Waals surface area contributed by atoms with Crippen LogP contribution in [0.15, 0.2) is 43.0 Å². The van der Waals surface area contributed by atoms with E-state index in [0.29, 0.717) is 19.5 Å². The van der Waals surface area contributed by atoms with Crippen molar-refractivity contribution in [3.8, 4) is 6.07 Å². The van der Waals surface area contributed by atoms with Crippen molar-refractivity contribution in [2.24, 2.45) is 0 Å². The van der Waals surface area contributed by atoms with Gasteiger partial charge >= 0.3 is 0 Å². The van der Waals surface area contributed by atoms with Crippen LogP contribution in [-0.4, -0.2) is 17.0 Å². The standard InChI is InChI=1S/C33H56N4O/c1-2-3-4-5-6-7-8-9-10-11-12-13-14-15-16-17-18-19-20-21-22-23-25-33(38)35-27-24-28-36-30-31-37(32-36)29-26-34/h13-16,30-32H,2-12,17-25,27-29H2,1H3/p+1. The number of nitrogens with one attached hydrogen (secondary N) is 1. The van der Waals surface area contributed by atoms with Crippen molar-refractivity contribution in [3.05, 3.63) is 43.0 Å². The highest BCUT2D eigenvalue weighted by molar-refractivity contribution is 5.75. The average molecular weight is 526 g/mol. The van der Waals surface area contributed by atoms with Crippen LogP contribution in [0.4, 0.5) is 0 Å². The van der Waals surface area contributed by atoms with Gasteiger partial charge in [0.15, 0.2) is 6.54 Å². The van der Waals surface area contributed by atoms with Gasteiger partial charge in [0.2, 0.25) is 12.2 Å². The first-order valence-corrected chi connectivity index (χ1v) is 15.8. The molecule has 214 valence electrons. The lowest BCUT2D eigenvalue weighted by molar-refractivity contribution is -0.696. The molecule has 1 rings (SSSR count). The first-order chi connectivity index (χ1) is 18.8. The van der Waals surface area contributed by atoms with Gasteiger partial charge in [-0.25, -0.2) is 9.13 Å². The maximum atomic E-state index is 12.0. The minimum Gasteiger partial charge on any atom is -0.356 e. The van der Waals surface area contributed by atoms with Crippen molar-refractivity contribution >= 4 is 5.91 Å². The fourth-order valence-corrected chi connectivity index (χ4v) is 4.68. The zero-order valence-corrected chi connectivity index (χ0v) is 24.6. The zero-order valence-electron chi connectivity index (χ0n) is 24.6. The largest absolute Gasteiger partial charge is 0.356 e. The highest BCUT2D eigenvalue weighted by Gasteiger charge is 2.04. The number of aryl methyl sites for hydroxylation is 1. The molecule has 0 saturated carbocycles. The number of carbonyl (C=O) groups excluding carboxylic acids is 1. The summed E-state index contributed by atoms with van der Waals surface area (Å²) in [5.74, 6) is 0.170. The lowest BCUT2D eigenvalue weighted by Gasteiger charge is -2.04. The SMILES string of the molecule is CCCCCCCCCCCCC=CC=CCCCCCCCCC(=O)NCCC[n+]1ccn(CC#N)c1. The van der Waals surface area contributed by atoms with E-state index in [4.69, 9.17) is 5.26 Å². The van der Waals surface area contributed by atoms with Gasteiger partial charge in [-0.05, 0) is 32.1 Å². The minimum atomic E-state index is 0.170. The molecule has 1 aromatic rings. The van der Waals surface area contributed by atoms with Crippen molar-refractivity contribution < 1.29 is 9.36 Å². The lowest BCUT2D eigenvalue weighted by Crippen LogP contribution is -2.34. The molecule has 1 N–H and O–H groups in total. The molecule has 0 aliphatic carbocycles. The van der Waals surface area contributed by atoms with Crippen LogP contribution in [0.1, 0.15) is 135 Å². The van der Waals surface area contributed by atoms with Gasteiger partial charge in [-0.3, -0.25) is 4.79 Å². The van der Waals surface area contributed by atoms with Crippen LogP contribution < -0.4 is 9.88 Å². The van der Waals surface area contributed by atoms with Gasteiger partial charge < -0.3 is 5.32 Å². The van der Waals surface area contributed by atoms with Crippen molar-refractivity contribution in [2.45, 2.75) is 148 Å². The fourth-order valence-electron chi connectivity index (χ4n) is 4.68. The number of allylic oxidation sites excluding steroid dienone is 4. The second kappa shape index (κ2) is 26.3. The van der Waals surface area contributed by atoms with Crippen LogP contribution in [0.2, 0.25) is 0 Å². The Labute approximate surface area is 234 Å². The third-order valence-corrected chi connectivity index (χ3v) is 7.05. The fraction of sp³-hybridized carbons (Fsp3) is 0.727. The molecule has 38 heavy (non-hydrogen) atoms. The highest BCUT2D eigenvalue weighted by atomic mass is 16.1. The summed E-state index contributed by atoms with van der Waals surface area (Å²) in [6, 6.07) is 2.13. The molecule has 0 aliphatic rings. The molecule has 0 aromatic carbocycles. The first kappa shape index (κ1) is 33.7. The Morgan fingerprint density at radius 3 is 1.95 bits per heavy atom. The molecule has 0 unspecified atom stereocenters. The van der Waals surface area contributed by atoms with Crippen molar-refractivity contribution in [3.63, 3.8) is 0 Å². The van der Waals surface area contributed by atoms with E-state index in [0.717, 1.165) is 25.8 Å². The predicted octanol–water partition coefficient (Wildman–Crippen LogP) is 8.35. The summed E-state index contributed by atoms with van der Waals surface area (Å²) in [6.07, 6.45) is 40.0. The Kier molecular flexibility index (Phi) is 23.3. The minimum absolute atomic E-state index is 0.170. The van der Waals surface area contributed by atoms with Gasteiger partial charge in [-0.2, -0.15) is 5.26 Å². The van der Waals surface area contributed by atoms with E-state index in [9.17, 15) is 4.79 Å². The average Bonchev–Trinajstić information content (AvgIpc) is 3.37. The summed E-state index contributed by atoms with van der Waals surface area (Å²) in [5.41, 5.74) is 0. The second-order valence-corrected chi connectivity index (χ2v) is 10.7. The molecule has 1 heterocycles. The number of carbonyl (C=O) groups is 1. The van der Waals surface area contributed by atoms with E-state index in [1.54, 1.807) is 0 Å². The Bertz CT molecular complexity index is 774. The van der Waals surface area contributed by atoms with E-state index in [1.165, 1.54) is 103 Å². The smallest absolute Gasteiger partial charge is 0.244 e. The van der Waals surface area contributed by atoms with Crippen LogP contribution in [0, 0.1) is 11.3 Å². The monoisotopic (exact) mass is 525 g/mol. The van der Waals surface area contributed by atoms with Gasteiger partial charge in [0.05, 0.1) is 6.54 Å². The molecular weight excluding hydrogens is 468 g/mol. The molecule has 1 aromatic heterocycles. The lowest BCUT2D eigenvalue weighted by atomic mass is 10.1. The van der Waals surface area contributed by atoms with E-state index < -0.39 is 0 Å². The molecule has 0 atom stereocenters. The molecule has 5 nitrogen and oxygen atoms in total. The summed E-state index contributed by atoms with van der Waals surface area (Å²) in [7, 11) is 0. The number of hydrogen-bond donors (Lipinski definition) is 1. The van der Waals surface area contributed by atoms with Crippen LogP contribution >= 0.6 is 0 Å². The van der Waals surface area contributed by atoms with E-state index in [-0.39, 0.29) is 5.91 Å². The number of nitrogens with zero attached hydrogens (tertiary/aromatic N) is 3. The molecule has 0 fully saturated rings. The van der Waals surface area contributed by atoms with Crippen LogP contribution in [0.5, 0.6) is 0 Å². The third-order valence-electron chi connectivity index (χ3n) is 7.05. The summed E-state index contributed by atoms with van der Waals surface area (Å²) >= 11 is 0. The number of aromatic nitrogens is 2. The summed E-state index contributed by atoms with van der Waals surface area (Å²) < 4.78 is 3.91. The van der Waals surface area contributed by atoms with Crippen LogP contribution in [0.25, 0.3) is 0 Å². The third kappa shape index (κ3) is 21.7. The van der Waals surface area contributed by atoms with Crippen LogP contribution in [-0.2, 0) is 17.9 Å². The molecule has 0 aliphatic heterocycles. The topological polar surface area (TPSA) is 61.7 Å². The Balaban J connectivity index is 1.79. The van der Waals surface area contributed by atoms with Gasteiger partial charge in [-0.15, -0.1) is 0 Å². The van der Waals surface area contributed by atoms with Gasteiger partial charge in [0.1, 0.15) is 18.5 Å². The zero-order chi connectivity index (χ0) is 27.4. The Hall–Kier alpha value is -2.35. The molecule has 5 heteroatoms. The first-order valence-electron chi connectivity index (χ1n) is 15.8. The number of nitriles is 1. The van der Waals surface area contributed by atoms with E-state index >= 15 is 0 Å².